The van der Waals surface area contributed by atoms with Crippen LogP contribution in [0.2, 0.25) is 0 Å². The van der Waals surface area contributed by atoms with Crippen LogP contribution in [0, 0.1) is 17.8 Å². The third-order valence-corrected chi connectivity index (χ3v) is 6.54. The Morgan fingerprint density at radius 1 is 0.960 bits per heavy atom. The standard InChI is InChI=1S/C21H28N2O2/c1-2-15-3-6-17(7-4-15)20(24)22-9-11-23(12-10-22)21(25)19-14-16-5-8-18(19)13-16/h3-4,6-7,16,18-19H,2,5,8-14H2,1H3. The van der Waals surface area contributed by atoms with Gasteiger partial charge in [0, 0.05) is 37.7 Å². The molecule has 2 amide bonds. The molecule has 2 aliphatic carbocycles. The molecule has 2 saturated carbocycles. The van der Waals surface area contributed by atoms with E-state index in [0.29, 0.717) is 38.0 Å². The molecule has 1 heterocycles. The Balaban J connectivity index is 1.33. The molecular weight excluding hydrogens is 312 g/mol. The number of benzene rings is 1. The normalized spacial score (nSPS) is 28.4. The van der Waals surface area contributed by atoms with Crippen molar-refractivity contribution in [3.05, 3.63) is 35.4 Å². The lowest BCUT2D eigenvalue weighted by molar-refractivity contribution is -0.138. The molecule has 4 rings (SSSR count). The number of nitrogens with zero attached hydrogens (tertiary/aromatic N) is 2. The van der Waals surface area contributed by atoms with Gasteiger partial charge in [-0.3, -0.25) is 9.59 Å². The monoisotopic (exact) mass is 340 g/mol. The molecule has 25 heavy (non-hydrogen) atoms. The van der Waals surface area contributed by atoms with Crippen molar-refractivity contribution in [3.63, 3.8) is 0 Å². The summed E-state index contributed by atoms with van der Waals surface area (Å²) in [6.07, 6.45) is 5.92. The van der Waals surface area contributed by atoms with Gasteiger partial charge >= 0.3 is 0 Å². The van der Waals surface area contributed by atoms with Crippen molar-refractivity contribution >= 4 is 11.8 Å². The summed E-state index contributed by atoms with van der Waals surface area (Å²) in [7, 11) is 0. The van der Waals surface area contributed by atoms with E-state index in [2.05, 4.69) is 6.92 Å². The number of hydrogen-bond acceptors (Lipinski definition) is 2. The summed E-state index contributed by atoms with van der Waals surface area (Å²) in [5.74, 6) is 2.14. The van der Waals surface area contributed by atoms with Gasteiger partial charge in [-0.1, -0.05) is 25.5 Å². The van der Waals surface area contributed by atoms with E-state index < -0.39 is 0 Å². The first-order valence-electron chi connectivity index (χ1n) is 9.82. The average Bonchev–Trinajstić information content (AvgIpc) is 3.30. The quantitative estimate of drug-likeness (QED) is 0.849. The first-order valence-corrected chi connectivity index (χ1v) is 9.82. The molecular formula is C21H28N2O2. The fourth-order valence-corrected chi connectivity index (χ4v) is 4.98. The van der Waals surface area contributed by atoms with Crippen LogP contribution in [-0.4, -0.2) is 47.8 Å². The first kappa shape index (κ1) is 16.6. The maximum absolute atomic E-state index is 12.8. The van der Waals surface area contributed by atoms with E-state index in [-0.39, 0.29) is 11.8 Å². The van der Waals surface area contributed by atoms with Crippen molar-refractivity contribution < 1.29 is 9.59 Å². The summed E-state index contributed by atoms with van der Waals surface area (Å²) >= 11 is 0. The molecule has 0 spiro atoms. The lowest BCUT2D eigenvalue weighted by Gasteiger charge is -2.37. The van der Waals surface area contributed by atoms with E-state index in [1.807, 2.05) is 34.1 Å². The van der Waals surface area contributed by atoms with Crippen LogP contribution in [-0.2, 0) is 11.2 Å². The van der Waals surface area contributed by atoms with Crippen LogP contribution in [0.4, 0.5) is 0 Å². The van der Waals surface area contributed by atoms with Crippen LogP contribution < -0.4 is 0 Å². The lowest BCUT2D eigenvalue weighted by Crippen LogP contribution is -2.52. The van der Waals surface area contributed by atoms with Crippen molar-refractivity contribution in [1.29, 1.82) is 0 Å². The Kier molecular flexibility index (Phi) is 4.53. The zero-order chi connectivity index (χ0) is 17.4. The van der Waals surface area contributed by atoms with Gasteiger partial charge in [0.05, 0.1) is 0 Å². The molecule has 2 bridgehead atoms. The molecule has 3 fully saturated rings. The van der Waals surface area contributed by atoms with Gasteiger partial charge in [-0.2, -0.15) is 0 Å². The Morgan fingerprint density at radius 3 is 2.20 bits per heavy atom. The molecule has 1 aromatic rings. The summed E-state index contributed by atoms with van der Waals surface area (Å²) < 4.78 is 0. The summed E-state index contributed by atoms with van der Waals surface area (Å²) in [5, 5.41) is 0. The van der Waals surface area contributed by atoms with Crippen molar-refractivity contribution in [1.82, 2.24) is 9.80 Å². The highest BCUT2D eigenvalue weighted by atomic mass is 16.2. The minimum absolute atomic E-state index is 0.0923. The van der Waals surface area contributed by atoms with Crippen molar-refractivity contribution in [3.8, 4) is 0 Å². The molecule has 1 aromatic carbocycles. The average molecular weight is 340 g/mol. The molecule has 3 unspecified atom stereocenters. The third-order valence-electron chi connectivity index (χ3n) is 6.54. The summed E-state index contributed by atoms with van der Waals surface area (Å²) in [6.45, 7) is 4.79. The SMILES string of the molecule is CCc1ccc(C(=O)N2CCN(C(=O)C3CC4CCC3C4)CC2)cc1. The molecule has 0 radical (unpaired) electrons. The van der Waals surface area contributed by atoms with Gasteiger partial charge in [0.25, 0.3) is 5.91 Å². The molecule has 3 atom stereocenters. The van der Waals surface area contributed by atoms with Gasteiger partial charge in [-0.05, 0) is 55.2 Å². The summed E-state index contributed by atoms with van der Waals surface area (Å²) in [4.78, 5) is 29.4. The molecule has 0 aromatic heterocycles. The Morgan fingerprint density at radius 2 is 1.64 bits per heavy atom. The number of aryl methyl sites for hydroxylation is 1. The van der Waals surface area contributed by atoms with Gasteiger partial charge in [-0.15, -0.1) is 0 Å². The molecule has 134 valence electrons. The van der Waals surface area contributed by atoms with E-state index in [4.69, 9.17) is 0 Å². The van der Waals surface area contributed by atoms with Gasteiger partial charge < -0.3 is 9.80 Å². The van der Waals surface area contributed by atoms with Crippen LogP contribution in [0.5, 0.6) is 0 Å². The highest BCUT2D eigenvalue weighted by molar-refractivity contribution is 5.94. The van der Waals surface area contributed by atoms with Gasteiger partial charge in [-0.25, -0.2) is 0 Å². The first-order chi connectivity index (χ1) is 12.2. The van der Waals surface area contributed by atoms with E-state index in [1.54, 1.807) is 0 Å². The van der Waals surface area contributed by atoms with E-state index in [9.17, 15) is 9.59 Å². The summed E-state index contributed by atoms with van der Waals surface area (Å²) in [6, 6.07) is 7.91. The predicted molar refractivity (Wildman–Crippen MR) is 97.2 cm³/mol. The van der Waals surface area contributed by atoms with Crippen LogP contribution in [0.25, 0.3) is 0 Å². The zero-order valence-electron chi connectivity index (χ0n) is 15.1. The highest BCUT2D eigenvalue weighted by Gasteiger charge is 2.44. The van der Waals surface area contributed by atoms with Crippen LogP contribution in [0.3, 0.4) is 0 Å². The number of amides is 2. The second-order valence-corrected chi connectivity index (χ2v) is 7.95. The van der Waals surface area contributed by atoms with Crippen molar-refractivity contribution in [2.75, 3.05) is 26.2 Å². The Hall–Kier alpha value is -1.84. The largest absolute Gasteiger partial charge is 0.339 e. The number of hydrogen-bond donors (Lipinski definition) is 0. The minimum atomic E-state index is 0.0923. The van der Waals surface area contributed by atoms with Crippen molar-refractivity contribution in [2.24, 2.45) is 17.8 Å². The second-order valence-electron chi connectivity index (χ2n) is 7.95. The van der Waals surface area contributed by atoms with E-state index in [0.717, 1.165) is 24.3 Å². The van der Waals surface area contributed by atoms with E-state index >= 15 is 0 Å². The van der Waals surface area contributed by atoms with Crippen molar-refractivity contribution in [2.45, 2.75) is 39.0 Å². The second kappa shape index (κ2) is 6.81. The smallest absolute Gasteiger partial charge is 0.253 e. The molecule has 1 saturated heterocycles. The number of fused-ring (bicyclic) bond motifs is 2. The summed E-state index contributed by atoms with van der Waals surface area (Å²) in [5.41, 5.74) is 2.00. The minimum Gasteiger partial charge on any atom is -0.339 e. The Labute approximate surface area is 150 Å². The van der Waals surface area contributed by atoms with Gasteiger partial charge in [0.1, 0.15) is 0 Å². The third kappa shape index (κ3) is 3.19. The molecule has 0 N–H and O–H groups in total. The molecule has 4 heteroatoms. The molecule has 1 aliphatic heterocycles. The van der Waals surface area contributed by atoms with Crippen LogP contribution in [0.1, 0.15) is 48.5 Å². The van der Waals surface area contributed by atoms with E-state index in [1.165, 1.54) is 24.8 Å². The molecule has 4 nitrogen and oxygen atoms in total. The number of piperazine rings is 1. The molecule has 3 aliphatic rings. The predicted octanol–water partition coefficient (Wildman–Crippen LogP) is 2.97. The Bertz CT molecular complexity index is 646. The van der Waals surface area contributed by atoms with Crippen LogP contribution >= 0.6 is 0 Å². The zero-order valence-corrected chi connectivity index (χ0v) is 15.1. The number of carbonyl (C=O) groups excluding carboxylic acids is 2. The fraction of sp³-hybridized carbons (Fsp3) is 0.619. The lowest BCUT2D eigenvalue weighted by atomic mass is 9.87. The maximum atomic E-state index is 12.8. The fourth-order valence-electron chi connectivity index (χ4n) is 4.98. The van der Waals surface area contributed by atoms with Crippen LogP contribution in [0.15, 0.2) is 24.3 Å². The maximum Gasteiger partial charge on any atom is 0.253 e. The van der Waals surface area contributed by atoms with Gasteiger partial charge in [0.2, 0.25) is 5.91 Å². The number of rotatable bonds is 3. The van der Waals surface area contributed by atoms with Gasteiger partial charge in [0.15, 0.2) is 0 Å². The topological polar surface area (TPSA) is 40.6 Å². The number of carbonyl (C=O) groups is 2. The highest BCUT2D eigenvalue weighted by Crippen LogP contribution is 2.48.